The van der Waals surface area contributed by atoms with E-state index in [1.54, 1.807) is 0 Å². The van der Waals surface area contributed by atoms with Crippen LogP contribution in [0.2, 0.25) is 0 Å². The molecule has 1 aliphatic carbocycles. The van der Waals surface area contributed by atoms with E-state index in [1.165, 1.54) is 64.8 Å². The fourth-order valence-electron chi connectivity index (χ4n) is 4.00. The quantitative estimate of drug-likeness (QED) is 0.831. The lowest BCUT2D eigenvalue weighted by atomic mass is 9.75. The predicted octanol–water partition coefficient (Wildman–Crippen LogP) is 1.92. The number of hydrogen-bond acceptors (Lipinski definition) is 3. The van der Waals surface area contributed by atoms with Gasteiger partial charge in [-0.1, -0.05) is 26.7 Å². The third-order valence-corrected chi connectivity index (χ3v) is 5.03. The molecule has 1 aliphatic heterocycles. The second-order valence-corrected chi connectivity index (χ2v) is 6.46. The maximum Gasteiger partial charge on any atom is 0.0335 e. The summed E-state index contributed by atoms with van der Waals surface area (Å²) >= 11 is 0. The highest BCUT2D eigenvalue weighted by molar-refractivity contribution is 4.97. The maximum absolute atomic E-state index is 6.17. The van der Waals surface area contributed by atoms with Crippen LogP contribution in [0.3, 0.4) is 0 Å². The van der Waals surface area contributed by atoms with E-state index in [-0.39, 0.29) is 0 Å². The molecule has 2 unspecified atom stereocenters. The van der Waals surface area contributed by atoms with Crippen LogP contribution in [0.15, 0.2) is 0 Å². The molecule has 3 nitrogen and oxygen atoms in total. The van der Waals surface area contributed by atoms with E-state index in [9.17, 15) is 0 Å². The summed E-state index contributed by atoms with van der Waals surface area (Å²) in [7, 11) is 0. The number of rotatable bonds is 4. The van der Waals surface area contributed by atoms with Crippen molar-refractivity contribution >= 4 is 0 Å². The zero-order valence-electron chi connectivity index (χ0n) is 12.3. The fraction of sp³-hybridized carbons (Fsp3) is 1.00. The number of nitrogens with two attached hydrogens (primary N) is 1. The molecule has 2 atom stereocenters. The molecule has 3 heteroatoms. The number of piperazine rings is 1. The summed E-state index contributed by atoms with van der Waals surface area (Å²) in [5.74, 6) is 0.857. The third kappa shape index (κ3) is 3.06. The van der Waals surface area contributed by atoms with Crippen LogP contribution in [0.4, 0.5) is 0 Å². The van der Waals surface area contributed by atoms with E-state index in [0.29, 0.717) is 5.54 Å². The molecule has 0 amide bonds. The summed E-state index contributed by atoms with van der Waals surface area (Å²) in [6, 6.07) is 0. The minimum Gasteiger partial charge on any atom is -0.329 e. The first kappa shape index (κ1) is 14.3. The predicted molar refractivity (Wildman–Crippen MR) is 77.7 cm³/mol. The van der Waals surface area contributed by atoms with Gasteiger partial charge in [0.2, 0.25) is 0 Å². The number of hydrogen-bond donors (Lipinski definition) is 1. The minimum atomic E-state index is 0.329. The van der Waals surface area contributed by atoms with Gasteiger partial charge in [0.05, 0.1) is 0 Å². The van der Waals surface area contributed by atoms with E-state index in [2.05, 4.69) is 23.6 Å². The second-order valence-electron chi connectivity index (χ2n) is 6.46. The maximum atomic E-state index is 6.17. The zero-order valence-corrected chi connectivity index (χ0v) is 12.3. The topological polar surface area (TPSA) is 32.5 Å². The highest BCUT2D eigenvalue weighted by atomic mass is 15.3. The van der Waals surface area contributed by atoms with Gasteiger partial charge in [-0.25, -0.2) is 0 Å². The molecule has 2 N–H and O–H groups in total. The lowest BCUT2D eigenvalue weighted by Gasteiger charge is -2.50. The Kier molecular flexibility index (Phi) is 5.05. The number of nitrogens with zero attached hydrogens (tertiary/aromatic N) is 2. The lowest BCUT2D eigenvalue weighted by molar-refractivity contribution is 0.00123. The van der Waals surface area contributed by atoms with Crippen LogP contribution in [-0.2, 0) is 0 Å². The summed E-state index contributed by atoms with van der Waals surface area (Å²) < 4.78 is 0. The Morgan fingerprint density at radius 2 is 1.94 bits per heavy atom. The highest BCUT2D eigenvalue weighted by Crippen LogP contribution is 2.36. The molecule has 2 rings (SSSR count). The SMILES string of the molecule is CCCN1CCN(C2(CN)CCCC(C)C2)CC1. The summed E-state index contributed by atoms with van der Waals surface area (Å²) in [6.07, 6.45) is 6.68. The Balaban J connectivity index is 1.93. The van der Waals surface area contributed by atoms with E-state index >= 15 is 0 Å². The van der Waals surface area contributed by atoms with Crippen molar-refractivity contribution in [3.8, 4) is 0 Å². The van der Waals surface area contributed by atoms with Gasteiger partial charge in [0.25, 0.3) is 0 Å². The molecule has 1 saturated carbocycles. The first-order valence-corrected chi connectivity index (χ1v) is 7.87. The molecule has 2 fully saturated rings. The zero-order chi connectivity index (χ0) is 13.0. The Morgan fingerprint density at radius 3 is 2.50 bits per heavy atom. The second kappa shape index (κ2) is 6.36. The van der Waals surface area contributed by atoms with Crippen molar-refractivity contribution in [3.05, 3.63) is 0 Å². The Labute approximate surface area is 113 Å². The van der Waals surface area contributed by atoms with Crippen molar-refractivity contribution in [3.63, 3.8) is 0 Å². The average Bonchev–Trinajstić information content (AvgIpc) is 2.40. The van der Waals surface area contributed by atoms with Gasteiger partial charge in [-0.15, -0.1) is 0 Å². The molecule has 106 valence electrons. The van der Waals surface area contributed by atoms with E-state index in [1.807, 2.05) is 0 Å². The Hall–Kier alpha value is -0.120. The smallest absolute Gasteiger partial charge is 0.0335 e. The van der Waals surface area contributed by atoms with Gasteiger partial charge in [-0.05, 0) is 31.7 Å². The van der Waals surface area contributed by atoms with Crippen molar-refractivity contribution < 1.29 is 0 Å². The molecule has 1 saturated heterocycles. The van der Waals surface area contributed by atoms with Crippen molar-refractivity contribution in [2.75, 3.05) is 39.3 Å². The fourth-order valence-corrected chi connectivity index (χ4v) is 4.00. The van der Waals surface area contributed by atoms with Gasteiger partial charge >= 0.3 is 0 Å². The first-order chi connectivity index (χ1) is 8.70. The van der Waals surface area contributed by atoms with Gasteiger partial charge in [-0.3, -0.25) is 4.90 Å². The van der Waals surface area contributed by atoms with Crippen LogP contribution >= 0.6 is 0 Å². The molecule has 0 aromatic rings. The van der Waals surface area contributed by atoms with Gasteiger partial charge < -0.3 is 10.6 Å². The summed E-state index contributed by atoms with van der Waals surface area (Å²) in [6.45, 7) is 11.7. The minimum absolute atomic E-state index is 0.329. The largest absolute Gasteiger partial charge is 0.329 e. The van der Waals surface area contributed by atoms with Gasteiger partial charge in [-0.2, -0.15) is 0 Å². The van der Waals surface area contributed by atoms with Crippen LogP contribution in [0.1, 0.15) is 46.0 Å². The molecular formula is C15H31N3. The van der Waals surface area contributed by atoms with Crippen molar-refractivity contribution in [2.24, 2.45) is 11.7 Å². The summed E-state index contributed by atoms with van der Waals surface area (Å²) in [5, 5.41) is 0. The van der Waals surface area contributed by atoms with Crippen molar-refractivity contribution in [2.45, 2.75) is 51.5 Å². The molecular weight excluding hydrogens is 222 g/mol. The summed E-state index contributed by atoms with van der Waals surface area (Å²) in [5.41, 5.74) is 6.50. The van der Waals surface area contributed by atoms with Crippen LogP contribution in [0.5, 0.6) is 0 Å². The normalized spacial score (nSPS) is 35.8. The Bertz CT molecular complexity index is 248. The lowest BCUT2D eigenvalue weighted by Crippen LogP contribution is -2.61. The molecule has 0 aromatic heterocycles. The van der Waals surface area contributed by atoms with Gasteiger partial charge in [0, 0.05) is 38.3 Å². The van der Waals surface area contributed by atoms with E-state index < -0.39 is 0 Å². The van der Waals surface area contributed by atoms with Gasteiger partial charge in [0.1, 0.15) is 0 Å². The molecule has 1 heterocycles. The van der Waals surface area contributed by atoms with E-state index in [0.717, 1.165) is 12.5 Å². The van der Waals surface area contributed by atoms with Crippen molar-refractivity contribution in [1.29, 1.82) is 0 Å². The Morgan fingerprint density at radius 1 is 1.22 bits per heavy atom. The standard InChI is InChI=1S/C15H31N3/c1-3-7-17-8-10-18(11-9-17)15(13-16)6-4-5-14(2)12-15/h14H,3-13,16H2,1-2H3. The van der Waals surface area contributed by atoms with Crippen molar-refractivity contribution in [1.82, 2.24) is 9.80 Å². The highest BCUT2D eigenvalue weighted by Gasteiger charge is 2.39. The molecule has 2 aliphatic rings. The molecule has 18 heavy (non-hydrogen) atoms. The van der Waals surface area contributed by atoms with Gasteiger partial charge in [0.15, 0.2) is 0 Å². The molecule has 0 radical (unpaired) electrons. The van der Waals surface area contributed by atoms with Crippen LogP contribution in [0, 0.1) is 5.92 Å². The first-order valence-electron chi connectivity index (χ1n) is 7.87. The average molecular weight is 253 g/mol. The van der Waals surface area contributed by atoms with E-state index in [4.69, 9.17) is 5.73 Å². The molecule has 0 aromatic carbocycles. The molecule has 0 spiro atoms. The monoisotopic (exact) mass is 253 g/mol. The third-order valence-electron chi connectivity index (χ3n) is 5.03. The molecule has 0 bridgehead atoms. The van der Waals surface area contributed by atoms with Crippen LogP contribution in [-0.4, -0.2) is 54.6 Å². The summed E-state index contributed by atoms with van der Waals surface area (Å²) in [4.78, 5) is 5.32. The van der Waals surface area contributed by atoms with Crippen LogP contribution < -0.4 is 5.73 Å². The van der Waals surface area contributed by atoms with Crippen LogP contribution in [0.25, 0.3) is 0 Å².